The lowest BCUT2D eigenvalue weighted by atomic mass is 10.1. The second-order valence-electron chi connectivity index (χ2n) is 6.62. The molecule has 0 radical (unpaired) electrons. The number of hydrogen-bond acceptors (Lipinski definition) is 6. The van der Waals surface area contributed by atoms with E-state index in [1.165, 1.54) is 35.6 Å². The molecule has 0 spiro atoms. The standard InChI is InChI=1S/C19H20N4O5S/c1-12(2)23(3)29(26,27)16-9-7-13(8-10-16)18(24)20-15-6-4-5-14(11-15)17-21-19(25)28-22-17/h4-12H,1-3H3,(H,20,24)(H,21,22,25). The third kappa shape index (κ3) is 4.44. The van der Waals surface area contributed by atoms with E-state index in [4.69, 9.17) is 0 Å². The molecule has 1 aromatic heterocycles. The predicted molar refractivity (Wildman–Crippen MR) is 107 cm³/mol. The van der Waals surface area contributed by atoms with Gasteiger partial charge in [0.15, 0.2) is 5.82 Å². The first-order valence-electron chi connectivity index (χ1n) is 8.74. The normalized spacial score (nSPS) is 11.8. The smallest absolute Gasteiger partial charge is 0.322 e. The SMILES string of the molecule is CC(C)N(C)S(=O)(=O)c1ccc(C(=O)Nc2cccc(-c3noc(=O)[nH]3)c2)cc1. The van der Waals surface area contributed by atoms with Crippen LogP contribution in [0, 0.1) is 0 Å². The van der Waals surface area contributed by atoms with E-state index < -0.39 is 21.7 Å². The maximum atomic E-state index is 12.5. The van der Waals surface area contributed by atoms with Gasteiger partial charge in [-0.05, 0) is 50.2 Å². The second-order valence-corrected chi connectivity index (χ2v) is 8.62. The molecular formula is C19H20N4O5S. The van der Waals surface area contributed by atoms with Crippen molar-refractivity contribution in [1.29, 1.82) is 0 Å². The van der Waals surface area contributed by atoms with E-state index >= 15 is 0 Å². The Hall–Kier alpha value is -3.24. The van der Waals surface area contributed by atoms with Gasteiger partial charge in [0.05, 0.1) is 4.90 Å². The summed E-state index contributed by atoms with van der Waals surface area (Å²) in [4.78, 5) is 26.1. The topological polar surface area (TPSA) is 125 Å². The summed E-state index contributed by atoms with van der Waals surface area (Å²) in [5, 5.41) is 6.33. The summed E-state index contributed by atoms with van der Waals surface area (Å²) in [6.07, 6.45) is 0. The first-order chi connectivity index (χ1) is 13.7. The van der Waals surface area contributed by atoms with Crippen LogP contribution >= 0.6 is 0 Å². The lowest BCUT2D eigenvalue weighted by Crippen LogP contribution is -2.33. The number of sulfonamides is 1. The average Bonchev–Trinajstić information content (AvgIpc) is 3.14. The number of hydrogen-bond donors (Lipinski definition) is 2. The quantitative estimate of drug-likeness (QED) is 0.635. The molecule has 1 amide bonds. The third-order valence-corrected chi connectivity index (χ3v) is 6.40. The van der Waals surface area contributed by atoms with Crippen molar-refractivity contribution in [3.05, 3.63) is 64.6 Å². The van der Waals surface area contributed by atoms with Gasteiger partial charge in [-0.1, -0.05) is 17.3 Å². The summed E-state index contributed by atoms with van der Waals surface area (Å²) in [7, 11) is -2.11. The minimum Gasteiger partial charge on any atom is -0.322 e. The minimum absolute atomic E-state index is 0.113. The summed E-state index contributed by atoms with van der Waals surface area (Å²) in [6, 6.07) is 12.2. The Balaban J connectivity index is 1.77. The number of carbonyl (C=O) groups is 1. The highest BCUT2D eigenvalue weighted by Crippen LogP contribution is 2.20. The van der Waals surface area contributed by atoms with E-state index in [-0.39, 0.29) is 16.8 Å². The van der Waals surface area contributed by atoms with Crippen LogP contribution in [0.25, 0.3) is 11.4 Å². The maximum absolute atomic E-state index is 12.5. The van der Waals surface area contributed by atoms with E-state index in [1.807, 2.05) is 0 Å². The summed E-state index contributed by atoms with van der Waals surface area (Å²) in [5.74, 6) is -0.834. The highest BCUT2D eigenvalue weighted by atomic mass is 32.2. The first-order valence-corrected chi connectivity index (χ1v) is 10.2. The molecule has 10 heteroatoms. The number of carbonyl (C=O) groups excluding carboxylic acids is 1. The number of benzene rings is 2. The summed E-state index contributed by atoms with van der Waals surface area (Å²) >= 11 is 0. The van der Waals surface area contributed by atoms with Crippen LogP contribution in [0.1, 0.15) is 24.2 Å². The van der Waals surface area contributed by atoms with Crippen molar-refractivity contribution in [2.75, 3.05) is 12.4 Å². The zero-order valence-electron chi connectivity index (χ0n) is 16.0. The number of anilines is 1. The van der Waals surface area contributed by atoms with E-state index in [9.17, 15) is 18.0 Å². The van der Waals surface area contributed by atoms with Crippen molar-refractivity contribution in [1.82, 2.24) is 14.4 Å². The molecule has 0 aliphatic rings. The van der Waals surface area contributed by atoms with E-state index in [0.717, 1.165) is 0 Å². The molecule has 152 valence electrons. The average molecular weight is 416 g/mol. The van der Waals surface area contributed by atoms with Crippen molar-refractivity contribution in [2.45, 2.75) is 24.8 Å². The lowest BCUT2D eigenvalue weighted by Gasteiger charge is -2.21. The molecule has 0 unspecified atom stereocenters. The van der Waals surface area contributed by atoms with Crippen molar-refractivity contribution in [2.24, 2.45) is 0 Å². The second kappa shape index (κ2) is 8.02. The van der Waals surface area contributed by atoms with Crippen LogP contribution < -0.4 is 11.1 Å². The zero-order chi connectivity index (χ0) is 21.2. The molecule has 0 saturated heterocycles. The van der Waals surface area contributed by atoms with Gasteiger partial charge < -0.3 is 5.32 Å². The van der Waals surface area contributed by atoms with Gasteiger partial charge in [0.1, 0.15) is 0 Å². The molecule has 2 aromatic carbocycles. The Morgan fingerprint density at radius 2 is 1.86 bits per heavy atom. The zero-order valence-corrected chi connectivity index (χ0v) is 16.9. The molecule has 0 saturated carbocycles. The molecule has 0 atom stereocenters. The Bertz CT molecular complexity index is 1180. The molecule has 3 rings (SSSR count). The van der Waals surface area contributed by atoms with Crippen LogP contribution in [0.3, 0.4) is 0 Å². The van der Waals surface area contributed by atoms with Crippen molar-refractivity contribution >= 4 is 21.6 Å². The summed E-state index contributed by atoms with van der Waals surface area (Å²) in [5.41, 5.74) is 1.34. The fourth-order valence-electron chi connectivity index (χ4n) is 2.52. The van der Waals surface area contributed by atoms with Crippen LogP contribution in [-0.2, 0) is 10.0 Å². The molecule has 3 aromatic rings. The van der Waals surface area contributed by atoms with Crippen molar-refractivity contribution in [3.63, 3.8) is 0 Å². The number of aromatic amines is 1. The molecule has 29 heavy (non-hydrogen) atoms. The van der Waals surface area contributed by atoms with Crippen molar-refractivity contribution in [3.8, 4) is 11.4 Å². The highest BCUT2D eigenvalue weighted by Gasteiger charge is 2.23. The molecule has 0 aliphatic heterocycles. The van der Waals surface area contributed by atoms with Gasteiger partial charge in [0, 0.05) is 29.9 Å². The number of aromatic nitrogens is 2. The van der Waals surface area contributed by atoms with Gasteiger partial charge in [-0.2, -0.15) is 4.31 Å². The number of amides is 1. The molecule has 0 aliphatic carbocycles. The lowest BCUT2D eigenvalue weighted by molar-refractivity contribution is 0.102. The van der Waals surface area contributed by atoms with Crippen molar-refractivity contribution < 1.29 is 17.7 Å². The summed E-state index contributed by atoms with van der Waals surface area (Å²) in [6.45, 7) is 3.56. The summed E-state index contributed by atoms with van der Waals surface area (Å²) < 4.78 is 30.8. The van der Waals surface area contributed by atoms with Gasteiger partial charge in [0.25, 0.3) is 5.91 Å². The minimum atomic E-state index is -3.62. The fraction of sp³-hybridized carbons (Fsp3) is 0.211. The molecule has 2 N–H and O–H groups in total. The monoisotopic (exact) mass is 416 g/mol. The fourth-order valence-corrected chi connectivity index (χ4v) is 3.89. The van der Waals surface area contributed by atoms with Gasteiger partial charge in [-0.15, -0.1) is 0 Å². The largest absolute Gasteiger partial charge is 0.439 e. The number of H-pyrrole nitrogens is 1. The van der Waals surface area contributed by atoms with Crippen LogP contribution in [-0.4, -0.2) is 41.9 Å². The van der Waals surface area contributed by atoms with Crippen LogP contribution in [0.2, 0.25) is 0 Å². The number of rotatable bonds is 6. The molecule has 9 nitrogen and oxygen atoms in total. The highest BCUT2D eigenvalue weighted by molar-refractivity contribution is 7.89. The van der Waals surface area contributed by atoms with Crippen LogP contribution in [0.4, 0.5) is 5.69 Å². The molecule has 0 bridgehead atoms. The van der Waals surface area contributed by atoms with Gasteiger partial charge in [0.2, 0.25) is 10.0 Å². The van der Waals surface area contributed by atoms with Gasteiger partial charge in [-0.25, -0.2) is 13.2 Å². The van der Waals surface area contributed by atoms with E-state index in [1.54, 1.807) is 38.1 Å². The maximum Gasteiger partial charge on any atom is 0.439 e. The molecule has 1 heterocycles. The Kier molecular flexibility index (Phi) is 5.66. The van der Waals surface area contributed by atoms with Crippen LogP contribution in [0.15, 0.2) is 62.7 Å². The van der Waals surface area contributed by atoms with Gasteiger partial charge in [-0.3, -0.25) is 14.3 Å². The predicted octanol–water partition coefficient (Wildman–Crippen LogP) is 2.31. The Morgan fingerprint density at radius 1 is 1.17 bits per heavy atom. The van der Waals surface area contributed by atoms with Gasteiger partial charge >= 0.3 is 5.76 Å². The Labute approximate surface area is 167 Å². The van der Waals surface area contributed by atoms with Crippen LogP contribution in [0.5, 0.6) is 0 Å². The van der Waals surface area contributed by atoms with E-state index in [2.05, 4.69) is 20.0 Å². The Morgan fingerprint density at radius 3 is 2.45 bits per heavy atom. The van der Waals surface area contributed by atoms with E-state index in [0.29, 0.717) is 16.8 Å². The third-order valence-electron chi connectivity index (χ3n) is 4.35. The molecular weight excluding hydrogens is 396 g/mol. The molecule has 0 fully saturated rings. The number of nitrogens with zero attached hydrogens (tertiary/aromatic N) is 2. The first kappa shape index (κ1) is 20.5. The number of nitrogens with one attached hydrogen (secondary N) is 2.